The van der Waals surface area contributed by atoms with Gasteiger partial charge in [0.25, 0.3) is 0 Å². The summed E-state index contributed by atoms with van der Waals surface area (Å²) >= 11 is 1.34. The summed E-state index contributed by atoms with van der Waals surface area (Å²) in [7, 11) is 0. The summed E-state index contributed by atoms with van der Waals surface area (Å²) in [5.41, 5.74) is 2.74. The molecule has 0 fully saturated rings. The van der Waals surface area contributed by atoms with Gasteiger partial charge in [-0.15, -0.1) is 11.3 Å². The third kappa shape index (κ3) is 4.56. The molecular formula is C15H17N3O3S. The van der Waals surface area contributed by atoms with Crippen molar-refractivity contribution in [3.05, 3.63) is 35.2 Å². The second kappa shape index (κ2) is 7.56. The molecule has 6 nitrogen and oxygen atoms in total. The molecule has 1 aromatic carbocycles. The highest BCUT2D eigenvalue weighted by atomic mass is 32.1. The summed E-state index contributed by atoms with van der Waals surface area (Å²) in [5.74, 6) is -0.0572. The molecule has 0 aliphatic rings. The summed E-state index contributed by atoms with van der Waals surface area (Å²) in [6, 6.07) is 7.73. The van der Waals surface area contributed by atoms with Crippen molar-refractivity contribution in [2.24, 2.45) is 0 Å². The molecule has 2 amide bonds. The van der Waals surface area contributed by atoms with E-state index in [4.69, 9.17) is 4.74 Å². The SMILES string of the molecule is CCOC(=O)Nc1nc(-c2ccc(CNC(C)=O)cc2)cs1. The lowest BCUT2D eigenvalue weighted by atomic mass is 10.1. The molecule has 1 heterocycles. The molecule has 0 atom stereocenters. The molecule has 2 aromatic rings. The number of aromatic nitrogens is 1. The quantitative estimate of drug-likeness (QED) is 0.887. The number of nitrogens with one attached hydrogen (secondary N) is 2. The fourth-order valence-electron chi connectivity index (χ4n) is 1.74. The van der Waals surface area contributed by atoms with Crippen molar-refractivity contribution in [1.82, 2.24) is 10.3 Å². The molecule has 7 heteroatoms. The zero-order valence-electron chi connectivity index (χ0n) is 12.4. The van der Waals surface area contributed by atoms with Gasteiger partial charge in [-0.3, -0.25) is 10.1 Å². The highest BCUT2D eigenvalue weighted by molar-refractivity contribution is 7.14. The van der Waals surface area contributed by atoms with Crippen molar-refractivity contribution in [3.8, 4) is 11.3 Å². The first kappa shape index (κ1) is 16.0. The zero-order valence-corrected chi connectivity index (χ0v) is 13.2. The van der Waals surface area contributed by atoms with Gasteiger partial charge in [0.05, 0.1) is 12.3 Å². The monoisotopic (exact) mass is 319 g/mol. The first-order valence-electron chi connectivity index (χ1n) is 6.81. The molecular weight excluding hydrogens is 302 g/mol. The second-order valence-corrected chi connectivity index (χ2v) is 5.35. The molecule has 116 valence electrons. The first-order valence-corrected chi connectivity index (χ1v) is 7.69. The lowest BCUT2D eigenvalue weighted by Crippen LogP contribution is -2.18. The van der Waals surface area contributed by atoms with E-state index in [1.165, 1.54) is 18.3 Å². The standard InChI is InChI=1S/C15H17N3O3S/c1-3-21-15(20)18-14-17-13(9-22-14)12-6-4-11(5-7-12)8-16-10(2)19/h4-7,9H,3,8H2,1-2H3,(H,16,19)(H,17,18,20). The third-order valence-electron chi connectivity index (χ3n) is 2.78. The highest BCUT2D eigenvalue weighted by Gasteiger charge is 2.08. The maximum absolute atomic E-state index is 11.3. The molecule has 0 saturated heterocycles. The summed E-state index contributed by atoms with van der Waals surface area (Å²) in [4.78, 5) is 26.6. The van der Waals surface area contributed by atoms with E-state index in [1.54, 1.807) is 6.92 Å². The molecule has 0 aliphatic heterocycles. The molecule has 22 heavy (non-hydrogen) atoms. The normalized spacial score (nSPS) is 10.1. The summed E-state index contributed by atoms with van der Waals surface area (Å²) in [6.07, 6.45) is -0.506. The Kier molecular flexibility index (Phi) is 5.48. The Labute approximate surface area is 132 Å². The molecule has 0 unspecified atom stereocenters. The Morgan fingerprint density at radius 3 is 2.64 bits per heavy atom. The number of carbonyl (C=O) groups is 2. The third-order valence-corrected chi connectivity index (χ3v) is 3.54. The molecule has 0 spiro atoms. The Morgan fingerprint density at radius 1 is 1.27 bits per heavy atom. The van der Waals surface area contributed by atoms with Gasteiger partial charge in [-0.1, -0.05) is 24.3 Å². The van der Waals surface area contributed by atoms with Crippen molar-refractivity contribution in [2.75, 3.05) is 11.9 Å². The van der Waals surface area contributed by atoms with Crippen LogP contribution >= 0.6 is 11.3 Å². The Morgan fingerprint density at radius 2 is 2.00 bits per heavy atom. The predicted octanol–water partition coefficient (Wildman–Crippen LogP) is 3.01. The van der Waals surface area contributed by atoms with Crippen LogP contribution in [0.2, 0.25) is 0 Å². The van der Waals surface area contributed by atoms with E-state index in [1.807, 2.05) is 29.6 Å². The number of thiazole rings is 1. The lowest BCUT2D eigenvalue weighted by Gasteiger charge is -2.03. The van der Waals surface area contributed by atoms with Crippen molar-refractivity contribution in [2.45, 2.75) is 20.4 Å². The molecule has 0 radical (unpaired) electrons. The predicted molar refractivity (Wildman–Crippen MR) is 85.7 cm³/mol. The average Bonchev–Trinajstić information content (AvgIpc) is 2.94. The van der Waals surface area contributed by atoms with Crippen LogP contribution in [0.5, 0.6) is 0 Å². The van der Waals surface area contributed by atoms with Crippen LogP contribution in [0, 0.1) is 0 Å². The molecule has 0 saturated carbocycles. The number of carbonyl (C=O) groups excluding carboxylic acids is 2. The number of rotatable bonds is 5. The van der Waals surface area contributed by atoms with E-state index in [0.29, 0.717) is 18.3 Å². The average molecular weight is 319 g/mol. The minimum absolute atomic E-state index is 0.0572. The van der Waals surface area contributed by atoms with Gasteiger partial charge in [0, 0.05) is 24.4 Å². The number of amides is 2. The number of hydrogen-bond acceptors (Lipinski definition) is 5. The van der Waals surface area contributed by atoms with Crippen molar-refractivity contribution < 1.29 is 14.3 Å². The van der Waals surface area contributed by atoms with Crippen LogP contribution < -0.4 is 10.6 Å². The Bertz CT molecular complexity index is 652. The summed E-state index contributed by atoms with van der Waals surface area (Å²) in [6.45, 7) is 4.05. The van der Waals surface area contributed by atoms with E-state index in [-0.39, 0.29) is 5.91 Å². The topological polar surface area (TPSA) is 80.3 Å². The molecule has 2 N–H and O–H groups in total. The summed E-state index contributed by atoms with van der Waals surface area (Å²) in [5, 5.41) is 7.68. The Hall–Kier alpha value is -2.41. The van der Waals surface area contributed by atoms with E-state index in [0.717, 1.165) is 16.8 Å². The van der Waals surface area contributed by atoms with Crippen molar-refractivity contribution in [1.29, 1.82) is 0 Å². The van der Waals surface area contributed by atoms with Gasteiger partial charge in [0.15, 0.2) is 5.13 Å². The van der Waals surface area contributed by atoms with Crippen LogP contribution in [0.25, 0.3) is 11.3 Å². The second-order valence-electron chi connectivity index (χ2n) is 4.49. The zero-order chi connectivity index (χ0) is 15.9. The van der Waals surface area contributed by atoms with Crippen LogP contribution in [0.4, 0.5) is 9.93 Å². The number of benzene rings is 1. The number of ether oxygens (including phenoxy) is 1. The van der Waals surface area contributed by atoms with Gasteiger partial charge in [0.2, 0.25) is 5.91 Å². The van der Waals surface area contributed by atoms with Crippen LogP contribution in [0.1, 0.15) is 19.4 Å². The van der Waals surface area contributed by atoms with Gasteiger partial charge >= 0.3 is 6.09 Å². The molecule has 2 rings (SSSR count). The van der Waals surface area contributed by atoms with Crippen LogP contribution in [0.15, 0.2) is 29.6 Å². The van der Waals surface area contributed by atoms with E-state index >= 15 is 0 Å². The molecule has 0 bridgehead atoms. The maximum atomic E-state index is 11.3. The van der Waals surface area contributed by atoms with E-state index < -0.39 is 6.09 Å². The fraction of sp³-hybridized carbons (Fsp3) is 0.267. The van der Waals surface area contributed by atoms with E-state index in [9.17, 15) is 9.59 Å². The van der Waals surface area contributed by atoms with Crippen LogP contribution in [-0.4, -0.2) is 23.6 Å². The number of anilines is 1. The van der Waals surface area contributed by atoms with Gasteiger partial charge in [-0.2, -0.15) is 0 Å². The van der Waals surface area contributed by atoms with Gasteiger partial charge < -0.3 is 10.1 Å². The first-order chi connectivity index (χ1) is 10.6. The van der Waals surface area contributed by atoms with Crippen molar-refractivity contribution >= 4 is 28.5 Å². The Balaban J connectivity index is 2.01. The smallest absolute Gasteiger partial charge is 0.413 e. The lowest BCUT2D eigenvalue weighted by molar-refractivity contribution is -0.119. The maximum Gasteiger partial charge on any atom is 0.413 e. The molecule has 1 aromatic heterocycles. The number of hydrogen-bond donors (Lipinski definition) is 2. The van der Waals surface area contributed by atoms with E-state index in [2.05, 4.69) is 15.6 Å². The van der Waals surface area contributed by atoms with Crippen LogP contribution in [-0.2, 0) is 16.1 Å². The van der Waals surface area contributed by atoms with Crippen LogP contribution in [0.3, 0.4) is 0 Å². The van der Waals surface area contributed by atoms with Gasteiger partial charge in [-0.25, -0.2) is 9.78 Å². The summed E-state index contributed by atoms with van der Waals surface area (Å²) < 4.78 is 4.80. The minimum Gasteiger partial charge on any atom is -0.450 e. The van der Waals surface area contributed by atoms with Gasteiger partial charge in [0.1, 0.15) is 0 Å². The van der Waals surface area contributed by atoms with Gasteiger partial charge in [-0.05, 0) is 12.5 Å². The highest BCUT2D eigenvalue weighted by Crippen LogP contribution is 2.25. The molecule has 0 aliphatic carbocycles. The number of nitrogens with zero attached hydrogens (tertiary/aromatic N) is 1. The fourth-order valence-corrected chi connectivity index (χ4v) is 2.44. The largest absolute Gasteiger partial charge is 0.450 e. The van der Waals surface area contributed by atoms with Crippen molar-refractivity contribution in [3.63, 3.8) is 0 Å². The minimum atomic E-state index is -0.506.